The number of rotatable bonds is 5. The SMILES string of the molecule is c1ccc(OCCNC2COc3ccccc32)cc1. The molecule has 1 unspecified atom stereocenters. The lowest BCUT2D eigenvalue weighted by molar-refractivity contribution is 0.280. The first-order valence-corrected chi connectivity index (χ1v) is 6.56. The fourth-order valence-corrected chi connectivity index (χ4v) is 2.25. The lowest BCUT2D eigenvalue weighted by Gasteiger charge is -2.12. The maximum Gasteiger partial charge on any atom is 0.124 e. The maximum atomic E-state index is 5.65. The molecule has 0 radical (unpaired) electrons. The molecule has 0 fully saturated rings. The summed E-state index contributed by atoms with van der Waals surface area (Å²) in [4.78, 5) is 0. The fraction of sp³-hybridized carbons (Fsp3) is 0.250. The molecular formula is C16H17NO2. The highest BCUT2D eigenvalue weighted by Crippen LogP contribution is 2.31. The predicted molar refractivity (Wildman–Crippen MR) is 74.6 cm³/mol. The van der Waals surface area contributed by atoms with Gasteiger partial charge in [0, 0.05) is 12.1 Å². The van der Waals surface area contributed by atoms with E-state index in [9.17, 15) is 0 Å². The number of hydrogen-bond acceptors (Lipinski definition) is 3. The number of benzene rings is 2. The molecule has 0 saturated carbocycles. The molecule has 2 aromatic rings. The molecule has 98 valence electrons. The third kappa shape index (κ3) is 2.88. The highest BCUT2D eigenvalue weighted by Gasteiger charge is 2.22. The fourth-order valence-electron chi connectivity index (χ4n) is 2.25. The minimum Gasteiger partial charge on any atom is -0.492 e. The van der Waals surface area contributed by atoms with Gasteiger partial charge in [-0.3, -0.25) is 0 Å². The first-order valence-electron chi connectivity index (χ1n) is 6.56. The Morgan fingerprint density at radius 1 is 1.05 bits per heavy atom. The van der Waals surface area contributed by atoms with Gasteiger partial charge in [0.1, 0.15) is 24.7 Å². The Balaban J connectivity index is 1.47. The molecule has 1 aliphatic rings. The number of nitrogens with one attached hydrogen (secondary N) is 1. The van der Waals surface area contributed by atoms with Crippen LogP contribution in [0.5, 0.6) is 11.5 Å². The van der Waals surface area contributed by atoms with Gasteiger partial charge >= 0.3 is 0 Å². The second-order valence-electron chi connectivity index (χ2n) is 4.52. The first kappa shape index (κ1) is 12.1. The predicted octanol–water partition coefficient (Wildman–Crippen LogP) is 2.79. The van der Waals surface area contributed by atoms with Crippen molar-refractivity contribution >= 4 is 0 Å². The molecule has 19 heavy (non-hydrogen) atoms. The average molecular weight is 255 g/mol. The van der Waals surface area contributed by atoms with Crippen molar-refractivity contribution in [2.45, 2.75) is 6.04 Å². The minimum absolute atomic E-state index is 0.274. The van der Waals surface area contributed by atoms with Gasteiger partial charge in [0.2, 0.25) is 0 Å². The van der Waals surface area contributed by atoms with Crippen LogP contribution >= 0.6 is 0 Å². The molecule has 1 atom stereocenters. The molecule has 0 aromatic heterocycles. The van der Waals surface area contributed by atoms with Crippen LogP contribution < -0.4 is 14.8 Å². The summed E-state index contributed by atoms with van der Waals surface area (Å²) >= 11 is 0. The van der Waals surface area contributed by atoms with Crippen LogP contribution in [-0.4, -0.2) is 19.8 Å². The third-order valence-electron chi connectivity index (χ3n) is 3.20. The Morgan fingerprint density at radius 3 is 2.74 bits per heavy atom. The average Bonchev–Trinajstić information content (AvgIpc) is 2.88. The second-order valence-corrected chi connectivity index (χ2v) is 4.52. The van der Waals surface area contributed by atoms with Gasteiger partial charge in [0.15, 0.2) is 0 Å². The van der Waals surface area contributed by atoms with Crippen LogP contribution in [0.25, 0.3) is 0 Å². The van der Waals surface area contributed by atoms with Gasteiger partial charge in [-0.25, -0.2) is 0 Å². The molecule has 0 bridgehead atoms. The van der Waals surface area contributed by atoms with Crippen LogP contribution in [0.15, 0.2) is 54.6 Å². The van der Waals surface area contributed by atoms with Crippen LogP contribution in [0, 0.1) is 0 Å². The summed E-state index contributed by atoms with van der Waals surface area (Å²) in [7, 11) is 0. The van der Waals surface area contributed by atoms with Gasteiger partial charge in [0.25, 0.3) is 0 Å². The topological polar surface area (TPSA) is 30.5 Å². The van der Waals surface area contributed by atoms with E-state index in [4.69, 9.17) is 9.47 Å². The van der Waals surface area contributed by atoms with Gasteiger partial charge in [0.05, 0.1) is 6.04 Å². The molecule has 3 nitrogen and oxygen atoms in total. The second kappa shape index (κ2) is 5.76. The van der Waals surface area contributed by atoms with E-state index in [1.165, 1.54) is 5.56 Å². The van der Waals surface area contributed by atoms with Crippen molar-refractivity contribution in [3.63, 3.8) is 0 Å². The van der Waals surface area contributed by atoms with E-state index >= 15 is 0 Å². The van der Waals surface area contributed by atoms with Crippen molar-refractivity contribution in [3.8, 4) is 11.5 Å². The van der Waals surface area contributed by atoms with Crippen molar-refractivity contribution in [1.82, 2.24) is 5.32 Å². The zero-order valence-corrected chi connectivity index (χ0v) is 10.7. The van der Waals surface area contributed by atoms with E-state index in [-0.39, 0.29) is 6.04 Å². The minimum atomic E-state index is 0.274. The summed E-state index contributed by atoms with van der Waals surface area (Å²) in [6.07, 6.45) is 0. The molecule has 0 aliphatic carbocycles. The highest BCUT2D eigenvalue weighted by atomic mass is 16.5. The number of ether oxygens (including phenoxy) is 2. The lowest BCUT2D eigenvalue weighted by Crippen LogP contribution is -2.27. The van der Waals surface area contributed by atoms with Crippen LogP contribution in [0.4, 0.5) is 0 Å². The Bertz CT molecular complexity index is 527. The smallest absolute Gasteiger partial charge is 0.124 e. The van der Waals surface area contributed by atoms with Crippen molar-refractivity contribution in [2.75, 3.05) is 19.8 Å². The van der Waals surface area contributed by atoms with Crippen molar-refractivity contribution in [3.05, 3.63) is 60.2 Å². The van der Waals surface area contributed by atoms with Gasteiger partial charge in [-0.05, 0) is 18.2 Å². The van der Waals surface area contributed by atoms with Crippen LogP contribution in [-0.2, 0) is 0 Å². The summed E-state index contributed by atoms with van der Waals surface area (Å²) in [6.45, 7) is 2.16. The highest BCUT2D eigenvalue weighted by molar-refractivity contribution is 5.39. The zero-order valence-electron chi connectivity index (χ0n) is 10.7. The summed E-state index contributed by atoms with van der Waals surface area (Å²) in [5.41, 5.74) is 1.24. The largest absolute Gasteiger partial charge is 0.492 e. The van der Waals surface area contributed by atoms with Gasteiger partial charge in [-0.2, -0.15) is 0 Å². The van der Waals surface area contributed by atoms with E-state index in [1.54, 1.807) is 0 Å². The zero-order chi connectivity index (χ0) is 12.9. The maximum absolute atomic E-state index is 5.65. The van der Waals surface area contributed by atoms with E-state index in [2.05, 4.69) is 11.4 Å². The molecule has 3 heteroatoms. The quantitative estimate of drug-likeness (QED) is 0.833. The summed E-state index contributed by atoms with van der Waals surface area (Å²) in [5.74, 6) is 1.90. The Labute approximate surface area is 113 Å². The molecule has 3 rings (SSSR count). The lowest BCUT2D eigenvalue weighted by atomic mass is 10.1. The molecule has 1 aliphatic heterocycles. The number of fused-ring (bicyclic) bond motifs is 1. The molecule has 0 spiro atoms. The van der Waals surface area contributed by atoms with E-state index in [0.29, 0.717) is 13.2 Å². The summed E-state index contributed by atoms with van der Waals surface area (Å²) in [5, 5.41) is 3.46. The summed E-state index contributed by atoms with van der Waals surface area (Å²) in [6, 6.07) is 18.3. The Hall–Kier alpha value is -2.00. The molecule has 1 heterocycles. The van der Waals surface area contributed by atoms with Crippen molar-refractivity contribution < 1.29 is 9.47 Å². The monoisotopic (exact) mass is 255 g/mol. The van der Waals surface area contributed by atoms with Gasteiger partial charge < -0.3 is 14.8 Å². The van der Waals surface area contributed by atoms with Crippen molar-refractivity contribution in [1.29, 1.82) is 0 Å². The van der Waals surface area contributed by atoms with Crippen LogP contribution in [0.3, 0.4) is 0 Å². The molecule has 1 N–H and O–H groups in total. The Kier molecular flexibility index (Phi) is 3.65. The van der Waals surface area contributed by atoms with Crippen molar-refractivity contribution in [2.24, 2.45) is 0 Å². The van der Waals surface area contributed by atoms with Crippen LogP contribution in [0.1, 0.15) is 11.6 Å². The molecule has 0 saturated heterocycles. The molecular weight excluding hydrogens is 238 g/mol. The van der Waals surface area contributed by atoms with Gasteiger partial charge in [-0.1, -0.05) is 36.4 Å². The molecule has 0 amide bonds. The molecule has 2 aromatic carbocycles. The number of hydrogen-bond donors (Lipinski definition) is 1. The summed E-state index contributed by atoms with van der Waals surface area (Å²) < 4.78 is 11.3. The third-order valence-corrected chi connectivity index (χ3v) is 3.20. The van der Waals surface area contributed by atoms with Gasteiger partial charge in [-0.15, -0.1) is 0 Å². The standard InChI is InChI=1S/C16H17NO2/c1-2-6-13(7-3-1)18-11-10-17-15-12-19-16-9-5-4-8-14(15)16/h1-9,15,17H,10-12H2. The normalized spacial score (nSPS) is 16.7. The van der Waals surface area contributed by atoms with E-state index in [1.807, 2.05) is 48.5 Å². The number of para-hydroxylation sites is 2. The van der Waals surface area contributed by atoms with E-state index < -0.39 is 0 Å². The Morgan fingerprint density at radius 2 is 1.84 bits per heavy atom. The van der Waals surface area contributed by atoms with Crippen LogP contribution in [0.2, 0.25) is 0 Å². The van der Waals surface area contributed by atoms with E-state index in [0.717, 1.165) is 18.0 Å². The first-order chi connectivity index (χ1) is 9.43.